The molecule has 2 saturated heterocycles. The normalized spacial score (nSPS) is 21.2. The maximum absolute atomic E-state index is 11.7. The Balaban J connectivity index is 1.64. The molecule has 2 heterocycles. The first kappa shape index (κ1) is 19.9. The van der Waals surface area contributed by atoms with Crippen molar-refractivity contribution in [2.24, 2.45) is 5.92 Å². The van der Waals surface area contributed by atoms with Crippen LogP contribution >= 0.6 is 11.6 Å². The molecule has 2 aliphatic heterocycles. The van der Waals surface area contributed by atoms with E-state index < -0.39 is 10.9 Å². The van der Waals surface area contributed by atoms with E-state index in [1.54, 1.807) is 0 Å². The van der Waals surface area contributed by atoms with Crippen molar-refractivity contribution in [3.05, 3.63) is 32.8 Å². The number of nitrogens with zero attached hydrogens (tertiary/aromatic N) is 2. The number of halogens is 1. The summed E-state index contributed by atoms with van der Waals surface area (Å²) in [5, 5.41) is 14.8. The number of piperidine rings is 1. The summed E-state index contributed by atoms with van der Waals surface area (Å²) in [6.45, 7) is 4.63. The van der Waals surface area contributed by atoms with Crippen LogP contribution in [0.25, 0.3) is 0 Å². The topological polar surface area (TPSA) is 93.9 Å². The Bertz CT molecular complexity index is 700. The van der Waals surface area contributed by atoms with Crippen LogP contribution in [0.5, 0.6) is 0 Å². The molecule has 1 aromatic carbocycles. The standard InChI is InChI=1S/C18H24ClN3O5/c1-26-18(23)14-8-17(22(24)25)16(9-15(14)19)20-13-2-5-21(6-3-13)10-12-4-7-27-11-12/h8-9,12-13,20H,2-7,10-11H2,1H3. The van der Waals surface area contributed by atoms with Gasteiger partial charge in [-0.25, -0.2) is 4.79 Å². The van der Waals surface area contributed by atoms with Gasteiger partial charge in [-0.3, -0.25) is 10.1 Å². The molecule has 0 spiro atoms. The number of hydrogen-bond acceptors (Lipinski definition) is 7. The monoisotopic (exact) mass is 397 g/mol. The van der Waals surface area contributed by atoms with Gasteiger partial charge in [0.1, 0.15) is 5.69 Å². The molecular formula is C18H24ClN3O5. The number of carbonyl (C=O) groups excluding carboxylic acids is 1. The van der Waals surface area contributed by atoms with Gasteiger partial charge in [-0.15, -0.1) is 0 Å². The lowest BCUT2D eigenvalue weighted by atomic mass is 10.0. The van der Waals surface area contributed by atoms with E-state index in [-0.39, 0.29) is 22.3 Å². The van der Waals surface area contributed by atoms with Crippen LogP contribution in [0.4, 0.5) is 11.4 Å². The predicted octanol–water partition coefficient (Wildman–Crippen LogP) is 2.95. The molecule has 3 rings (SSSR count). The smallest absolute Gasteiger partial charge is 0.339 e. The number of carbonyl (C=O) groups is 1. The Hall–Kier alpha value is -1.90. The molecule has 2 fully saturated rings. The predicted molar refractivity (Wildman–Crippen MR) is 101 cm³/mol. The van der Waals surface area contributed by atoms with E-state index >= 15 is 0 Å². The average molecular weight is 398 g/mol. The lowest BCUT2D eigenvalue weighted by Crippen LogP contribution is -2.41. The second kappa shape index (κ2) is 8.86. The third-order valence-electron chi connectivity index (χ3n) is 5.17. The minimum Gasteiger partial charge on any atom is -0.465 e. The highest BCUT2D eigenvalue weighted by atomic mass is 35.5. The van der Waals surface area contributed by atoms with Gasteiger partial charge in [0.05, 0.1) is 29.2 Å². The third kappa shape index (κ3) is 4.88. The molecular weight excluding hydrogens is 374 g/mol. The molecule has 0 amide bonds. The van der Waals surface area contributed by atoms with Crippen molar-refractivity contribution in [1.29, 1.82) is 0 Å². The summed E-state index contributed by atoms with van der Waals surface area (Å²) >= 11 is 6.13. The van der Waals surface area contributed by atoms with Crippen molar-refractivity contribution in [2.45, 2.75) is 25.3 Å². The van der Waals surface area contributed by atoms with Crippen molar-refractivity contribution in [3.63, 3.8) is 0 Å². The van der Waals surface area contributed by atoms with Crippen LogP contribution in [-0.2, 0) is 9.47 Å². The number of hydrogen-bond donors (Lipinski definition) is 1. The summed E-state index contributed by atoms with van der Waals surface area (Å²) in [5.74, 6) is -0.0841. The Morgan fingerprint density at radius 2 is 2.15 bits per heavy atom. The van der Waals surface area contributed by atoms with E-state index in [2.05, 4.69) is 15.0 Å². The molecule has 1 aromatic rings. The first-order chi connectivity index (χ1) is 13.0. The van der Waals surface area contributed by atoms with E-state index in [9.17, 15) is 14.9 Å². The molecule has 0 radical (unpaired) electrons. The number of anilines is 1. The van der Waals surface area contributed by atoms with Crippen molar-refractivity contribution >= 4 is 28.9 Å². The fraction of sp³-hybridized carbons (Fsp3) is 0.611. The Morgan fingerprint density at radius 3 is 2.74 bits per heavy atom. The lowest BCUT2D eigenvalue weighted by molar-refractivity contribution is -0.384. The Kier molecular flexibility index (Phi) is 6.51. The minimum absolute atomic E-state index is 0.00924. The number of nitro benzene ring substituents is 1. The highest BCUT2D eigenvalue weighted by Crippen LogP contribution is 2.33. The first-order valence-corrected chi connectivity index (χ1v) is 9.48. The van der Waals surface area contributed by atoms with Crippen molar-refractivity contribution in [3.8, 4) is 0 Å². The first-order valence-electron chi connectivity index (χ1n) is 9.10. The van der Waals surface area contributed by atoms with Gasteiger partial charge in [-0.05, 0) is 31.2 Å². The summed E-state index contributed by atoms with van der Waals surface area (Å²) in [4.78, 5) is 25.1. The molecule has 9 heteroatoms. The van der Waals surface area contributed by atoms with Gasteiger partial charge in [-0.1, -0.05) is 11.6 Å². The third-order valence-corrected chi connectivity index (χ3v) is 5.49. The van der Waals surface area contributed by atoms with Gasteiger partial charge < -0.3 is 19.7 Å². The molecule has 27 heavy (non-hydrogen) atoms. The van der Waals surface area contributed by atoms with Gasteiger partial charge >= 0.3 is 5.97 Å². The highest BCUT2D eigenvalue weighted by Gasteiger charge is 2.27. The molecule has 0 aliphatic carbocycles. The zero-order chi connectivity index (χ0) is 19.4. The van der Waals surface area contributed by atoms with E-state index in [0.29, 0.717) is 11.6 Å². The number of nitro groups is 1. The molecule has 1 unspecified atom stereocenters. The van der Waals surface area contributed by atoms with Crippen LogP contribution < -0.4 is 5.32 Å². The Morgan fingerprint density at radius 1 is 1.41 bits per heavy atom. The van der Waals surface area contributed by atoms with Crippen molar-refractivity contribution < 1.29 is 19.2 Å². The number of likely N-dealkylation sites (tertiary alicyclic amines) is 1. The summed E-state index contributed by atoms with van der Waals surface area (Å²) in [5.41, 5.74) is 0.149. The number of ether oxygens (including phenoxy) is 2. The van der Waals surface area contributed by atoms with Crippen LogP contribution in [0, 0.1) is 16.0 Å². The summed E-state index contributed by atoms with van der Waals surface area (Å²) in [6, 6.07) is 2.74. The molecule has 8 nitrogen and oxygen atoms in total. The summed E-state index contributed by atoms with van der Waals surface area (Å²) in [6.07, 6.45) is 2.90. The number of methoxy groups -OCH3 is 1. The average Bonchev–Trinajstić information content (AvgIpc) is 3.15. The second-order valence-corrected chi connectivity index (χ2v) is 7.45. The lowest BCUT2D eigenvalue weighted by Gasteiger charge is -2.34. The van der Waals surface area contributed by atoms with Crippen LogP contribution in [0.3, 0.4) is 0 Å². The molecule has 0 bridgehead atoms. The molecule has 0 saturated carbocycles. The fourth-order valence-electron chi connectivity index (χ4n) is 3.67. The number of benzene rings is 1. The van der Waals surface area contributed by atoms with Crippen molar-refractivity contribution in [2.75, 3.05) is 45.3 Å². The van der Waals surface area contributed by atoms with Gasteiger partial charge in [-0.2, -0.15) is 0 Å². The van der Waals surface area contributed by atoms with Gasteiger partial charge in [0.15, 0.2) is 0 Å². The van der Waals surface area contributed by atoms with E-state index in [1.807, 2.05) is 0 Å². The quantitative estimate of drug-likeness (QED) is 0.448. The fourth-order valence-corrected chi connectivity index (χ4v) is 3.91. The maximum atomic E-state index is 11.7. The molecule has 148 valence electrons. The number of esters is 1. The SMILES string of the molecule is COC(=O)c1cc([N+](=O)[O-])c(NC2CCN(CC3CCOC3)CC2)cc1Cl. The van der Waals surface area contributed by atoms with Crippen molar-refractivity contribution in [1.82, 2.24) is 4.90 Å². The van der Waals surface area contributed by atoms with E-state index in [4.69, 9.17) is 16.3 Å². The van der Waals surface area contributed by atoms with Crippen LogP contribution in [-0.4, -0.2) is 61.8 Å². The van der Waals surface area contributed by atoms with Crippen LogP contribution in [0.1, 0.15) is 29.6 Å². The molecule has 1 N–H and O–H groups in total. The molecule has 2 aliphatic rings. The zero-order valence-corrected chi connectivity index (χ0v) is 16.0. The number of rotatable bonds is 6. The minimum atomic E-state index is -0.696. The molecule has 1 atom stereocenters. The highest BCUT2D eigenvalue weighted by molar-refractivity contribution is 6.34. The number of nitrogens with one attached hydrogen (secondary N) is 1. The van der Waals surface area contributed by atoms with E-state index in [0.717, 1.165) is 52.1 Å². The summed E-state index contributed by atoms with van der Waals surface area (Å²) < 4.78 is 10.1. The van der Waals surface area contributed by atoms with Crippen LogP contribution in [0.2, 0.25) is 5.02 Å². The molecule has 0 aromatic heterocycles. The van der Waals surface area contributed by atoms with Gasteiger partial charge in [0, 0.05) is 38.3 Å². The summed E-state index contributed by atoms with van der Waals surface area (Å²) in [7, 11) is 1.21. The van der Waals surface area contributed by atoms with E-state index in [1.165, 1.54) is 19.2 Å². The zero-order valence-electron chi connectivity index (χ0n) is 15.3. The maximum Gasteiger partial charge on any atom is 0.339 e. The van der Waals surface area contributed by atoms with Gasteiger partial charge in [0.2, 0.25) is 0 Å². The largest absolute Gasteiger partial charge is 0.465 e. The van der Waals surface area contributed by atoms with Crippen LogP contribution in [0.15, 0.2) is 12.1 Å². The van der Waals surface area contributed by atoms with Gasteiger partial charge in [0.25, 0.3) is 5.69 Å². The second-order valence-electron chi connectivity index (χ2n) is 7.05. The Labute approximate surface area is 162 Å².